The maximum atomic E-state index is 13.2. The van der Waals surface area contributed by atoms with Gasteiger partial charge in [-0.05, 0) is 50.7 Å². The lowest BCUT2D eigenvalue weighted by Crippen LogP contribution is -2.38. The van der Waals surface area contributed by atoms with Crippen molar-refractivity contribution < 1.29 is 4.79 Å². The Morgan fingerprint density at radius 3 is 2.66 bits per heavy atom. The highest BCUT2D eigenvalue weighted by molar-refractivity contribution is 9.10. The number of thioether (sulfide) groups is 1. The van der Waals surface area contributed by atoms with E-state index in [9.17, 15) is 9.59 Å². The average molecular weight is 472 g/mol. The van der Waals surface area contributed by atoms with E-state index in [1.54, 1.807) is 23.1 Å². The molecule has 0 aliphatic carbocycles. The summed E-state index contributed by atoms with van der Waals surface area (Å²) < 4.78 is 2.06. The smallest absolute Gasteiger partial charge is 0.282 e. The van der Waals surface area contributed by atoms with Crippen LogP contribution in [0.4, 0.5) is 5.69 Å². The third-order valence-corrected chi connectivity index (χ3v) is 5.61. The fourth-order valence-electron chi connectivity index (χ4n) is 3.23. The number of nitrogens with zero attached hydrogens (tertiary/aromatic N) is 5. The third kappa shape index (κ3) is 3.50. The van der Waals surface area contributed by atoms with E-state index in [0.29, 0.717) is 28.3 Å². The van der Waals surface area contributed by atoms with E-state index >= 15 is 0 Å². The van der Waals surface area contributed by atoms with E-state index in [-0.39, 0.29) is 17.2 Å². The number of anilines is 1. The second-order valence-corrected chi connectivity index (χ2v) is 8.49. The van der Waals surface area contributed by atoms with Crippen LogP contribution in [0.1, 0.15) is 5.56 Å². The molecule has 0 saturated heterocycles. The van der Waals surface area contributed by atoms with Gasteiger partial charge in [-0.25, -0.2) is 4.98 Å². The van der Waals surface area contributed by atoms with Gasteiger partial charge in [-0.3, -0.25) is 19.4 Å². The highest BCUT2D eigenvalue weighted by Crippen LogP contribution is 2.32. The minimum atomic E-state index is -0.303. The molecule has 3 aromatic rings. The summed E-state index contributed by atoms with van der Waals surface area (Å²) in [5.74, 6) is -0.251. The first-order chi connectivity index (χ1) is 13.9. The van der Waals surface area contributed by atoms with Gasteiger partial charge >= 0.3 is 0 Å². The Hall–Kier alpha value is -2.49. The van der Waals surface area contributed by atoms with E-state index in [2.05, 4.69) is 26.0 Å². The molecule has 2 heterocycles. The number of rotatable bonds is 4. The van der Waals surface area contributed by atoms with Gasteiger partial charge in [0.2, 0.25) is 0 Å². The summed E-state index contributed by atoms with van der Waals surface area (Å²) in [6.45, 7) is 0.409. The van der Waals surface area contributed by atoms with Crippen molar-refractivity contribution in [2.75, 3.05) is 31.9 Å². The molecule has 2 aromatic carbocycles. The molecule has 1 aromatic heterocycles. The van der Waals surface area contributed by atoms with Crippen LogP contribution >= 0.6 is 27.7 Å². The zero-order chi connectivity index (χ0) is 20.7. The summed E-state index contributed by atoms with van der Waals surface area (Å²) in [7, 11) is 3.79. The molecule has 7 nitrogen and oxygen atoms in total. The molecule has 0 N–H and O–H groups in total. The molecule has 0 saturated carbocycles. The molecule has 1 aliphatic rings. The Bertz CT molecular complexity index is 1220. The lowest BCUT2D eigenvalue weighted by Gasteiger charge is -2.21. The molecule has 0 bridgehead atoms. The summed E-state index contributed by atoms with van der Waals surface area (Å²) in [6.07, 6.45) is 1.83. The average Bonchev–Trinajstić information content (AvgIpc) is 2.94. The van der Waals surface area contributed by atoms with Crippen LogP contribution in [0.2, 0.25) is 0 Å². The topological polar surface area (TPSA) is 70.8 Å². The minimum Gasteiger partial charge on any atom is -0.293 e. The number of carbonyl (C=O) groups is 1. The van der Waals surface area contributed by atoms with Crippen LogP contribution in [0.25, 0.3) is 10.9 Å². The van der Waals surface area contributed by atoms with Crippen molar-refractivity contribution in [3.63, 3.8) is 0 Å². The maximum Gasteiger partial charge on any atom is 0.282 e. The van der Waals surface area contributed by atoms with Gasteiger partial charge in [0.15, 0.2) is 10.9 Å². The number of para-hydroxylation sites is 1. The number of halogens is 1. The van der Waals surface area contributed by atoms with Crippen molar-refractivity contribution in [3.8, 4) is 0 Å². The van der Waals surface area contributed by atoms with Crippen molar-refractivity contribution in [2.24, 2.45) is 5.10 Å². The van der Waals surface area contributed by atoms with E-state index in [1.807, 2.05) is 49.5 Å². The van der Waals surface area contributed by atoms with Gasteiger partial charge in [-0.2, -0.15) is 9.78 Å². The number of hydrogen-bond acceptors (Lipinski definition) is 6. The summed E-state index contributed by atoms with van der Waals surface area (Å²) in [4.78, 5) is 34.4. The lowest BCUT2D eigenvalue weighted by molar-refractivity contribution is -0.112. The van der Waals surface area contributed by atoms with E-state index in [1.165, 1.54) is 16.4 Å². The first-order valence-corrected chi connectivity index (χ1v) is 10.8. The van der Waals surface area contributed by atoms with Crippen LogP contribution in [-0.2, 0) is 4.79 Å². The summed E-state index contributed by atoms with van der Waals surface area (Å²) in [6, 6.07) is 12.7. The number of benzene rings is 2. The van der Waals surface area contributed by atoms with Gasteiger partial charge in [-0.1, -0.05) is 39.8 Å². The molecule has 4 rings (SSSR count). The zero-order valence-corrected chi connectivity index (χ0v) is 18.5. The summed E-state index contributed by atoms with van der Waals surface area (Å²) in [5, 5.41) is 5.39. The Kier molecular flexibility index (Phi) is 5.28. The van der Waals surface area contributed by atoms with E-state index in [0.717, 1.165) is 10.2 Å². The summed E-state index contributed by atoms with van der Waals surface area (Å²) >= 11 is 4.77. The van der Waals surface area contributed by atoms with Crippen molar-refractivity contribution in [1.82, 2.24) is 14.6 Å². The molecular formula is C20H18BrN5O2S. The maximum absolute atomic E-state index is 13.2. The lowest BCUT2D eigenvalue weighted by atomic mass is 10.1. The molecule has 0 atom stereocenters. The second-order valence-electron chi connectivity index (χ2n) is 6.80. The Balaban J connectivity index is 1.95. The van der Waals surface area contributed by atoms with Gasteiger partial charge < -0.3 is 0 Å². The number of fused-ring (bicyclic) bond motifs is 2. The monoisotopic (exact) mass is 471 g/mol. The highest BCUT2D eigenvalue weighted by Gasteiger charge is 2.35. The van der Waals surface area contributed by atoms with Crippen molar-refractivity contribution >= 4 is 55.9 Å². The predicted molar refractivity (Wildman–Crippen MR) is 120 cm³/mol. The summed E-state index contributed by atoms with van der Waals surface area (Å²) in [5.41, 5.74) is 1.96. The quantitative estimate of drug-likeness (QED) is 0.432. The van der Waals surface area contributed by atoms with Crippen LogP contribution in [0.15, 0.2) is 62.0 Å². The van der Waals surface area contributed by atoms with Crippen LogP contribution in [-0.4, -0.2) is 53.2 Å². The second kappa shape index (κ2) is 7.74. The highest BCUT2D eigenvalue weighted by atomic mass is 79.9. The van der Waals surface area contributed by atoms with Crippen molar-refractivity contribution in [3.05, 3.63) is 62.9 Å². The molecule has 0 unspecified atom stereocenters. The SMILES string of the molecule is CSc1nc2ccccc2c(=O)n1/N=C1\C(=O)N(CN(C)C)c2ccc(Br)cc21. The number of aromatic nitrogens is 2. The van der Waals surface area contributed by atoms with Crippen LogP contribution < -0.4 is 10.5 Å². The van der Waals surface area contributed by atoms with Crippen molar-refractivity contribution in [1.29, 1.82) is 0 Å². The molecular weight excluding hydrogens is 454 g/mol. The molecule has 0 radical (unpaired) electrons. The Morgan fingerprint density at radius 1 is 1.17 bits per heavy atom. The number of carbonyl (C=O) groups excluding carboxylic acids is 1. The molecule has 1 aliphatic heterocycles. The van der Waals surface area contributed by atoms with E-state index in [4.69, 9.17) is 0 Å². The minimum absolute atomic E-state index is 0.220. The fraction of sp³-hybridized carbons (Fsp3) is 0.200. The zero-order valence-electron chi connectivity index (χ0n) is 16.1. The fourth-order valence-corrected chi connectivity index (χ4v) is 4.08. The molecule has 0 fully saturated rings. The molecule has 9 heteroatoms. The van der Waals surface area contributed by atoms with Crippen LogP contribution in [0.5, 0.6) is 0 Å². The Labute approximate surface area is 180 Å². The number of amides is 1. The van der Waals surface area contributed by atoms with E-state index < -0.39 is 0 Å². The molecule has 0 spiro atoms. The van der Waals surface area contributed by atoms with Gasteiger partial charge in [0.25, 0.3) is 11.5 Å². The molecule has 148 valence electrons. The third-order valence-electron chi connectivity index (χ3n) is 4.48. The standard InChI is InChI=1S/C20H18BrN5O2S/c1-24(2)11-25-16-9-8-12(21)10-14(16)17(19(25)28)23-26-18(27)13-6-4-5-7-15(13)22-20(26)29-3/h4-10H,11H2,1-3H3/b23-17-. The normalized spacial score (nSPS) is 15.0. The van der Waals surface area contributed by atoms with Gasteiger partial charge in [0, 0.05) is 10.0 Å². The Morgan fingerprint density at radius 2 is 1.93 bits per heavy atom. The van der Waals surface area contributed by atoms with Gasteiger partial charge in [-0.15, -0.1) is 0 Å². The largest absolute Gasteiger partial charge is 0.293 e. The van der Waals surface area contributed by atoms with Crippen LogP contribution in [0.3, 0.4) is 0 Å². The first kappa shape index (κ1) is 19.8. The van der Waals surface area contributed by atoms with Crippen molar-refractivity contribution in [2.45, 2.75) is 5.16 Å². The van der Waals surface area contributed by atoms with Gasteiger partial charge in [0.1, 0.15) is 0 Å². The predicted octanol–water partition coefficient (Wildman–Crippen LogP) is 3.00. The van der Waals surface area contributed by atoms with Gasteiger partial charge in [0.05, 0.1) is 23.3 Å². The van der Waals surface area contributed by atoms with Crippen LogP contribution in [0, 0.1) is 0 Å². The molecule has 1 amide bonds. The number of hydrogen-bond donors (Lipinski definition) is 0. The molecule has 29 heavy (non-hydrogen) atoms. The first-order valence-electron chi connectivity index (χ1n) is 8.82.